The highest BCUT2D eigenvalue weighted by atomic mass is 79.9. The van der Waals surface area contributed by atoms with Crippen molar-refractivity contribution in [2.45, 2.75) is 13.5 Å². The molecule has 0 fully saturated rings. The Morgan fingerprint density at radius 1 is 1.29 bits per heavy atom. The highest BCUT2D eigenvalue weighted by Gasteiger charge is 2.15. The zero-order valence-electron chi connectivity index (χ0n) is 18.4. The first-order valence-corrected chi connectivity index (χ1v) is 12.0. The fourth-order valence-corrected chi connectivity index (χ4v) is 4.86. The Labute approximate surface area is 208 Å². The lowest BCUT2D eigenvalue weighted by molar-refractivity contribution is -0.121. The summed E-state index contributed by atoms with van der Waals surface area (Å²) in [5, 5.41) is 6.41. The second-order valence-corrected chi connectivity index (χ2v) is 8.85. The number of hydrogen-bond donors (Lipinski definition) is 1. The molecule has 34 heavy (non-hydrogen) atoms. The quantitative estimate of drug-likeness (QED) is 0.263. The number of hydrogen-bond acceptors (Lipinski definition) is 7. The van der Waals surface area contributed by atoms with Crippen LogP contribution in [0.3, 0.4) is 0 Å². The van der Waals surface area contributed by atoms with E-state index in [0.717, 1.165) is 11.1 Å². The van der Waals surface area contributed by atoms with Gasteiger partial charge in [0.2, 0.25) is 0 Å². The number of carbonyl (C=O) groups excluding carboxylic acids is 1. The van der Waals surface area contributed by atoms with Crippen LogP contribution in [0.2, 0.25) is 0 Å². The number of ether oxygens (including phenoxy) is 2. The van der Waals surface area contributed by atoms with E-state index < -0.39 is 5.91 Å². The number of hydrazone groups is 1. The van der Waals surface area contributed by atoms with Gasteiger partial charge in [-0.15, -0.1) is 11.3 Å². The van der Waals surface area contributed by atoms with Crippen molar-refractivity contribution in [3.63, 3.8) is 0 Å². The van der Waals surface area contributed by atoms with Gasteiger partial charge in [0, 0.05) is 10.9 Å². The fraction of sp³-hybridized carbons (Fsp3) is 0.167. The van der Waals surface area contributed by atoms with Gasteiger partial charge in [0.1, 0.15) is 11.4 Å². The van der Waals surface area contributed by atoms with Crippen LogP contribution in [0.5, 0.6) is 11.5 Å². The number of benzene rings is 2. The SMILES string of the molecule is CCOc1c(Br)cc(/C=N\NC(=O)Cn2cnc3scc(-c4ccccc4)c3c2=O)cc1OC. The van der Waals surface area contributed by atoms with Gasteiger partial charge in [0.25, 0.3) is 11.5 Å². The van der Waals surface area contributed by atoms with Crippen LogP contribution in [-0.2, 0) is 11.3 Å². The van der Waals surface area contributed by atoms with Gasteiger partial charge in [-0.3, -0.25) is 14.2 Å². The standard InChI is InChI=1S/C24H21BrN4O4S/c1-3-33-22-18(25)9-15(10-19(22)32-2)11-27-28-20(30)12-29-14-26-23-21(24(29)31)17(13-34-23)16-7-5-4-6-8-16/h4-11,13-14H,3,12H2,1-2H3,(H,28,30)/b27-11-. The van der Waals surface area contributed by atoms with Crippen molar-refractivity contribution in [3.05, 3.63) is 74.6 Å². The molecule has 0 bridgehead atoms. The number of amides is 1. The van der Waals surface area contributed by atoms with Gasteiger partial charge in [-0.2, -0.15) is 5.10 Å². The normalized spacial score (nSPS) is 11.1. The van der Waals surface area contributed by atoms with Gasteiger partial charge >= 0.3 is 0 Å². The number of halogens is 1. The van der Waals surface area contributed by atoms with E-state index in [0.29, 0.717) is 38.4 Å². The topological polar surface area (TPSA) is 94.8 Å². The Hall–Kier alpha value is -3.50. The highest BCUT2D eigenvalue weighted by molar-refractivity contribution is 9.10. The molecule has 174 valence electrons. The Morgan fingerprint density at radius 2 is 2.09 bits per heavy atom. The van der Waals surface area contributed by atoms with Gasteiger partial charge in [-0.1, -0.05) is 30.3 Å². The fourth-order valence-electron chi connectivity index (χ4n) is 3.38. The first-order valence-electron chi connectivity index (χ1n) is 10.4. The molecule has 8 nitrogen and oxygen atoms in total. The second kappa shape index (κ2) is 10.6. The van der Waals surface area contributed by atoms with Crippen LogP contribution < -0.4 is 20.5 Å². The van der Waals surface area contributed by atoms with Gasteiger partial charge in [0.15, 0.2) is 11.5 Å². The number of rotatable bonds is 8. The largest absolute Gasteiger partial charge is 0.493 e. The number of fused-ring (bicyclic) bond motifs is 1. The zero-order valence-corrected chi connectivity index (χ0v) is 20.9. The van der Waals surface area contributed by atoms with Crippen molar-refractivity contribution >= 4 is 49.6 Å². The maximum atomic E-state index is 13.1. The molecule has 0 unspecified atom stereocenters. The number of nitrogens with one attached hydrogen (secondary N) is 1. The summed E-state index contributed by atoms with van der Waals surface area (Å²) in [5.74, 6) is 0.685. The molecule has 4 aromatic rings. The number of carbonyl (C=O) groups is 1. The Balaban J connectivity index is 1.50. The predicted octanol–water partition coefficient (Wildman–Crippen LogP) is 4.45. The molecule has 0 radical (unpaired) electrons. The average molecular weight is 541 g/mol. The lowest BCUT2D eigenvalue weighted by atomic mass is 10.1. The Kier molecular flexibility index (Phi) is 7.39. The van der Waals surface area contributed by atoms with E-state index >= 15 is 0 Å². The molecule has 0 atom stereocenters. The summed E-state index contributed by atoms with van der Waals surface area (Å²) in [6.07, 6.45) is 2.87. The van der Waals surface area contributed by atoms with Gasteiger partial charge < -0.3 is 9.47 Å². The molecule has 0 saturated heterocycles. The van der Waals surface area contributed by atoms with E-state index in [1.807, 2.05) is 42.6 Å². The molecule has 0 spiro atoms. The molecule has 0 aliphatic carbocycles. The van der Waals surface area contributed by atoms with Crippen LogP contribution in [0, 0.1) is 0 Å². The molecule has 10 heteroatoms. The maximum Gasteiger partial charge on any atom is 0.263 e. The van der Waals surface area contributed by atoms with Gasteiger partial charge in [-0.25, -0.2) is 10.4 Å². The van der Waals surface area contributed by atoms with E-state index in [4.69, 9.17) is 9.47 Å². The summed E-state index contributed by atoms with van der Waals surface area (Å²) in [6, 6.07) is 13.2. The number of aromatic nitrogens is 2. The van der Waals surface area contributed by atoms with E-state index in [-0.39, 0.29) is 12.1 Å². The molecule has 2 heterocycles. The van der Waals surface area contributed by atoms with Crippen LogP contribution in [-0.4, -0.2) is 35.4 Å². The third-order valence-corrected chi connectivity index (χ3v) is 6.38. The lowest BCUT2D eigenvalue weighted by Crippen LogP contribution is -2.30. The van der Waals surface area contributed by atoms with Crippen molar-refractivity contribution in [2.24, 2.45) is 5.10 Å². The monoisotopic (exact) mass is 540 g/mol. The zero-order chi connectivity index (χ0) is 24.1. The molecule has 4 rings (SSSR count). The van der Waals surface area contributed by atoms with E-state index in [1.165, 1.54) is 28.4 Å². The van der Waals surface area contributed by atoms with Crippen molar-refractivity contribution in [2.75, 3.05) is 13.7 Å². The number of nitrogens with zero attached hydrogens (tertiary/aromatic N) is 3. The van der Waals surface area contributed by atoms with Crippen molar-refractivity contribution in [3.8, 4) is 22.6 Å². The predicted molar refractivity (Wildman–Crippen MR) is 137 cm³/mol. The lowest BCUT2D eigenvalue weighted by Gasteiger charge is -2.12. The molecular weight excluding hydrogens is 520 g/mol. The summed E-state index contributed by atoms with van der Waals surface area (Å²) in [5.41, 5.74) is 4.60. The van der Waals surface area contributed by atoms with E-state index in [9.17, 15) is 9.59 Å². The summed E-state index contributed by atoms with van der Waals surface area (Å²) in [4.78, 5) is 30.5. The highest BCUT2D eigenvalue weighted by Crippen LogP contribution is 2.36. The van der Waals surface area contributed by atoms with Crippen LogP contribution in [0.25, 0.3) is 21.3 Å². The van der Waals surface area contributed by atoms with Crippen LogP contribution in [0.15, 0.2) is 68.5 Å². The van der Waals surface area contributed by atoms with Gasteiger partial charge in [-0.05, 0) is 46.1 Å². The van der Waals surface area contributed by atoms with Crippen LogP contribution in [0.4, 0.5) is 0 Å². The molecule has 0 aliphatic heterocycles. The minimum absolute atomic E-state index is 0.209. The summed E-state index contributed by atoms with van der Waals surface area (Å²) < 4.78 is 12.9. The molecular formula is C24H21BrN4O4S. The van der Waals surface area contributed by atoms with E-state index in [2.05, 4.69) is 31.4 Å². The van der Waals surface area contributed by atoms with Crippen LogP contribution in [0.1, 0.15) is 12.5 Å². The summed E-state index contributed by atoms with van der Waals surface area (Å²) in [6.45, 7) is 2.17. The van der Waals surface area contributed by atoms with Crippen molar-refractivity contribution in [1.82, 2.24) is 15.0 Å². The molecule has 0 saturated carbocycles. The minimum atomic E-state index is -0.451. The molecule has 0 aliphatic rings. The van der Waals surface area contributed by atoms with Crippen molar-refractivity contribution in [1.29, 1.82) is 0 Å². The molecule has 1 N–H and O–H groups in total. The van der Waals surface area contributed by atoms with Crippen LogP contribution >= 0.6 is 27.3 Å². The first kappa shape index (κ1) is 23.7. The minimum Gasteiger partial charge on any atom is -0.493 e. The maximum absolute atomic E-state index is 13.1. The third kappa shape index (κ3) is 5.02. The average Bonchev–Trinajstić information content (AvgIpc) is 3.28. The Bertz CT molecular complexity index is 1420. The molecule has 2 aromatic heterocycles. The van der Waals surface area contributed by atoms with E-state index in [1.54, 1.807) is 19.2 Å². The first-order chi connectivity index (χ1) is 16.5. The van der Waals surface area contributed by atoms with Gasteiger partial charge in [0.05, 0.1) is 36.1 Å². The molecule has 1 amide bonds. The smallest absolute Gasteiger partial charge is 0.263 e. The molecule has 2 aromatic carbocycles. The second-order valence-electron chi connectivity index (χ2n) is 7.13. The number of thiophene rings is 1. The van der Waals surface area contributed by atoms with Crippen molar-refractivity contribution < 1.29 is 14.3 Å². The summed E-state index contributed by atoms with van der Waals surface area (Å²) >= 11 is 4.85. The Morgan fingerprint density at radius 3 is 2.82 bits per heavy atom. The third-order valence-electron chi connectivity index (χ3n) is 4.90. The number of methoxy groups -OCH3 is 1. The summed E-state index contributed by atoms with van der Waals surface area (Å²) in [7, 11) is 1.55.